The molecule has 3 unspecified atom stereocenters. The average Bonchev–Trinajstić information content (AvgIpc) is 3.13. The van der Waals surface area contributed by atoms with Crippen LogP contribution in [0.5, 0.6) is 0 Å². The number of fused-ring (bicyclic) bond motifs is 1. The van der Waals surface area contributed by atoms with Gasteiger partial charge in [-0.25, -0.2) is 0 Å². The molecule has 1 N–H and O–H groups in total. The highest BCUT2D eigenvalue weighted by molar-refractivity contribution is 6.31. The van der Waals surface area contributed by atoms with Crippen molar-refractivity contribution < 1.29 is 14.6 Å². The van der Waals surface area contributed by atoms with Gasteiger partial charge in [0.15, 0.2) is 0 Å². The van der Waals surface area contributed by atoms with Crippen LogP contribution in [0.4, 0.5) is 0 Å². The summed E-state index contributed by atoms with van der Waals surface area (Å²) in [6.07, 6.45) is 6.85. The quantitative estimate of drug-likeness (QED) is 0.249. The monoisotopic (exact) mass is 479 g/mol. The molecule has 0 radical (unpaired) electrons. The molecule has 2 aromatic rings. The van der Waals surface area contributed by atoms with Crippen LogP contribution in [0.3, 0.4) is 0 Å². The van der Waals surface area contributed by atoms with Crippen LogP contribution >= 0.6 is 11.6 Å². The largest absolute Gasteiger partial charge is 0.465 e. The molecule has 0 saturated carbocycles. The van der Waals surface area contributed by atoms with Gasteiger partial charge < -0.3 is 9.84 Å². The van der Waals surface area contributed by atoms with Crippen molar-refractivity contribution in [2.24, 2.45) is 17.3 Å². The van der Waals surface area contributed by atoms with Gasteiger partial charge in [0, 0.05) is 11.4 Å². The number of aliphatic hydroxyl groups is 1. The van der Waals surface area contributed by atoms with Crippen molar-refractivity contribution in [3.05, 3.63) is 23.2 Å². The SMILES string of the molecule is CCCCC(CC)COC(=O)CCCCC(C(O)Cn1nc2ccc(Cl)cc2n1)C(C)(C)C. The van der Waals surface area contributed by atoms with Crippen LogP contribution in [0.15, 0.2) is 18.2 Å². The third kappa shape index (κ3) is 9.24. The van der Waals surface area contributed by atoms with E-state index in [-0.39, 0.29) is 17.3 Å². The minimum atomic E-state index is -0.585. The first-order chi connectivity index (χ1) is 15.6. The second-order valence-electron chi connectivity index (χ2n) is 10.3. The molecule has 6 nitrogen and oxygen atoms in total. The average molecular weight is 480 g/mol. The number of halogens is 1. The molecule has 0 spiro atoms. The third-order valence-electron chi connectivity index (χ3n) is 6.48. The van der Waals surface area contributed by atoms with Gasteiger partial charge in [-0.1, -0.05) is 71.9 Å². The zero-order valence-electron chi connectivity index (χ0n) is 21.0. The molecule has 1 aromatic heterocycles. The molecule has 0 aliphatic rings. The first-order valence-corrected chi connectivity index (χ1v) is 12.9. The molecule has 1 heterocycles. The van der Waals surface area contributed by atoms with Crippen LogP contribution in [0.1, 0.15) is 86.0 Å². The topological polar surface area (TPSA) is 77.2 Å². The second-order valence-corrected chi connectivity index (χ2v) is 10.7. The summed E-state index contributed by atoms with van der Waals surface area (Å²) in [5.41, 5.74) is 1.40. The number of aliphatic hydroxyl groups excluding tert-OH is 1. The smallest absolute Gasteiger partial charge is 0.305 e. The third-order valence-corrected chi connectivity index (χ3v) is 6.72. The van der Waals surface area contributed by atoms with E-state index < -0.39 is 6.10 Å². The molecule has 3 atom stereocenters. The van der Waals surface area contributed by atoms with Crippen molar-refractivity contribution in [1.29, 1.82) is 0 Å². The predicted molar refractivity (Wildman–Crippen MR) is 134 cm³/mol. The number of hydrogen-bond donors (Lipinski definition) is 1. The van der Waals surface area contributed by atoms with E-state index in [0.717, 1.165) is 43.1 Å². The van der Waals surface area contributed by atoms with Crippen molar-refractivity contribution in [2.45, 2.75) is 98.6 Å². The molecule has 0 amide bonds. The highest BCUT2D eigenvalue weighted by atomic mass is 35.5. The Morgan fingerprint density at radius 3 is 2.52 bits per heavy atom. The van der Waals surface area contributed by atoms with Crippen LogP contribution in [0.2, 0.25) is 5.02 Å². The number of benzene rings is 1. The van der Waals surface area contributed by atoms with E-state index in [2.05, 4.69) is 44.8 Å². The van der Waals surface area contributed by atoms with Gasteiger partial charge in [0.2, 0.25) is 0 Å². The van der Waals surface area contributed by atoms with Crippen molar-refractivity contribution in [2.75, 3.05) is 6.61 Å². The zero-order valence-corrected chi connectivity index (χ0v) is 21.8. The van der Waals surface area contributed by atoms with Gasteiger partial charge in [-0.05, 0) is 54.7 Å². The van der Waals surface area contributed by atoms with E-state index in [0.29, 0.717) is 30.5 Å². The van der Waals surface area contributed by atoms with Gasteiger partial charge in [-0.15, -0.1) is 0 Å². The number of carbonyl (C=O) groups excluding carboxylic acids is 1. The number of carbonyl (C=O) groups is 1. The summed E-state index contributed by atoms with van der Waals surface area (Å²) in [7, 11) is 0. The molecule has 2 rings (SSSR count). The first kappa shape index (κ1) is 27.6. The summed E-state index contributed by atoms with van der Waals surface area (Å²) in [5, 5.41) is 20.6. The van der Waals surface area contributed by atoms with Crippen LogP contribution in [-0.4, -0.2) is 38.8 Å². The fourth-order valence-corrected chi connectivity index (χ4v) is 4.49. The molecule has 0 fully saturated rings. The summed E-state index contributed by atoms with van der Waals surface area (Å²) in [6.45, 7) is 11.6. The number of ether oxygens (including phenoxy) is 1. The number of esters is 1. The standard InChI is InChI=1S/C26H42ClN3O3/c1-6-8-11-19(7-2)18-33-25(32)13-10-9-12-21(26(3,4)5)24(31)17-30-28-22-15-14-20(27)16-23(22)29-30/h14-16,19,21,24,31H,6-13,17-18H2,1-5H3. The summed E-state index contributed by atoms with van der Waals surface area (Å²) >= 11 is 6.04. The maximum Gasteiger partial charge on any atom is 0.305 e. The Morgan fingerprint density at radius 2 is 1.85 bits per heavy atom. The lowest BCUT2D eigenvalue weighted by atomic mass is 9.74. The van der Waals surface area contributed by atoms with Crippen molar-refractivity contribution in [3.8, 4) is 0 Å². The van der Waals surface area contributed by atoms with Gasteiger partial charge >= 0.3 is 5.97 Å². The Kier molecular flexibility index (Phi) is 11.1. The van der Waals surface area contributed by atoms with Gasteiger partial charge in [-0.3, -0.25) is 4.79 Å². The lowest BCUT2D eigenvalue weighted by Crippen LogP contribution is -2.35. The van der Waals surface area contributed by atoms with E-state index in [1.807, 2.05) is 6.07 Å². The Balaban J connectivity index is 1.81. The van der Waals surface area contributed by atoms with Gasteiger partial charge in [0.25, 0.3) is 0 Å². The Hall–Kier alpha value is -1.66. The maximum atomic E-state index is 12.2. The van der Waals surface area contributed by atoms with Gasteiger partial charge in [-0.2, -0.15) is 15.0 Å². The fraction of sp³-hybridized carbons (Fsp3) is 0.731. The maximum absolute atomic E-state index is 12.2. The van der Waals surface area contributed by atoms with Crippen molar-refractivity contribution in [1.82, 2.24) is 15.0 Å². The van der Waals surface area contributed by atoms with E-state index >= 15 is 0 Å². The Labute approximate surface area is 204 Å². The Bertz CT molecular complexity index is 862. The molecule has 0 aliphatic heterocycles. The van der Waals surface area contributed by atoms with Gasteiger partial charge in [0.05, 0.1) is 19.3 Å². The highest BCUT2D eigenvalue weighted by Gasteiger charge is 2.31. The van der Waals surface area contributed by atoms with Gasteiger partial charge in [0.1, 0.15) is 11.0 Å². The first-order valence-electron chi connectivity index (χ1n) is 12.5. The molecular formula is C26H42ClN3O3. The molecule has 7 heteroatoms. The molecule has 0 aliphatic carbocycles. The fourth-order valence-electron chi connectivity index (χ4n) is 4.33. The molecule has 33 heavy (non-hydrogen) atoms. The Morgan fingerprint density at radius 1 is 1.12 bits per heavy atom. The lowest BCUT2D eigenvalue weighted by molar-refractivity contribution is -0.145. The zero-order chi connectivity index (χ0) is 24.4. The van der Waals surface area contributed by atoms with E-state index in [1.165, 1.54) is 12.8 Å². The molecule has 1 aromatic carbocycles. The highest BCUT2D eigenvalue weighted by Crippen LogP contribution is 2.34. The van der Waals surface area contributed by atoms with Crippen LogP contribution < -0.4 is 0 Å². The normalized spacial score (nSPS) is 14.9. The summed E-state index contributed by atoms with van der Waals surface area (Å²) in [4.78, 5) is 13.7. The molecule has 0 saturated heterocycles. The van der Waals surface area contributed by atoms with Crippen molar-refractivity contribution in [3.63, 3.8) is 0 Å². The number of nitrogens with zero attached hydrogens (tertiary/aromatic N) is 3. The minimum Gasteiger partial charge on any atom is -0.465 e. The summed E-state index contributed by atoms with van der Waals surface area (Å²) in [6, 6.07) is 5.40. The predicted octanol–water partition coefficient (Wildman–Crippen LogP) is 6.43. The van der Waals surface area contributed by atoms with E-state index in [1.54, 1.807) is 16.9 Å². The number of rotatable bonds is 14. The van der Waals surface area contributed by atoms with E-state index in [4.69, 9.17) is 16.3 Å². The number of unbranched alkanes of at least 4 members (excludes halogenated alkanes) is 2. The van der Waals surface area contributed by atoms with Crippen LogP contribution in [-0.2, 0) is 16.1 Å². The van der Waals surface area contributed by atoms with E-state index in [9.17, 15) is 9.90 Å². The molecule has 0 bridgehead atoms. The number of hydrogen-bond acceptors (Lipinski definition) is 5. The second kappa shape index (κ2) is 13.3. The van der Waals surface area contributed by atoms with Crippen molar-refractivity contribution >= 4 is 28.6 Å². The molecular weight excluding hydrogens is 438 g/mol. The molecule has 186 valence electrons. The lowest BCUT2D eigenvalue weighted by Gasteiger charge is -2.34. The van der Waals surface area contributed by atoms with Crippen LogP contribution in [0.25, 0.3) is 11.0 Å². The minimum absolute atomic E-state index is 0.0599. The summed E-state index contributed by atoms with van der Waals surface area (Å²) < 4.78 is 5.51. The van der Waals surface area contributed by atoms with Crippen LogP contribution in [0, 0.1) is 17.3 Å². The summed E-state index contributed by atoms with van der Waals surface area (Å²) in [5.74, 6) is 0.423. The number of aromatic nitrogens is 3.